The van der Waals surface area contributed by atoms with Gasteiger partial charge in [0, 0.05) is 17.4 Å². The van der Waals surface area contributed by atoms with Crippen LogP contribution in [-0.2, 0) is 0 Å². The summed E-state index contributed by atoms with van der Waals surface area (Å²) in [5, 5.41) is 9.80. The molecule has 0 spiro atoms. The maximum Gasteiger partial charge on any atom is 0.0998 e. The molecule has 0 atom stereocenters. The molecule has 0 radical (unpaired) electrons. The molecule has 0 amide bonds. The molecule has 0 unspecified atom stereocenters. The van der Waals surface area contributed by atoms with Gasteiger partial charge in [0.1, 0.15) is 0 Å². The summed E-state index contributed by atoms with van der Waals surface area (Å²) in [7, 11) is 0. The van der Waals surface area contributed by atoms with Crippen LogP contribution in [0, 0.1) is 11.3 Å². The van der Waals surface area contributed by atoms with Gasteiger partial charge in [-0.25, -0.2) is 0 Å². The predicted molar refractivity (Wildman–Crippen MR) is 69.2 cm³/mol. The van der Waals surface area contributed by atoms with Crippen LogP contribution < -0.4 is 0 Å². The Morgan fingerprint density at radius 2 is 2.00 bits per heavy atom. The van der Waals surface area contributed by atoms with Crippen molar-refractivity contribution in [2.45, 2.75) is 0 Å². The Balaban J connectivity index is 2.38. The van der Waals surface area contributed by atoms with Crippen LogP contribution in [0.3, 0.4) is 0 Å². The number of hydrogen-bond donors (Lipinski definition) is 0. The number of aromatic nitrogens is 1. The minimum Gasteiger partial charge on any atom is -0.264 e. The van der Waals surface area contributed by atoms with E-state index in [-0.39, 0.29) is 0 Å². The zero-order chi connectivity index (χ0) is 12.1. The van der Waals surface area contributed by atoms with Crippen molar-refractivity contribution >= 4 is 23.3 Å². The lowest BCUT2D eigenvalue weighted by atomic mass is 10.1. The van der Waals surface area contributed by atoms with Crippen molar-refractivity contribution in [3.63, 3.8) is 0 Å². The highest BCUT2D eigenvalue weighted by atomic mass is 35.5. The molecule has 0 bridgehead atoms. The first-order chi connectivity index (χ1) is 8.29. The van der Waals surface area contributed by atoms with Gasteiger partial charge in [-0.2, -0.15) is 5.26 Å². The number of nitriles is 1. The lowest BCUT2D eigenvalue weighted by Crippen LogP contribution is -1.82. The van der Waals surface area contributed by atoms with Crippen LogP contribution in [0.4, 0.5) is 0 Å². The van der Waals surface area contributed by atoms with Crippen LogP contribution in [0.15, 0.2) is 48.8 Å². The first kappa shape index (κ1) is 11.4. The van der Waals surface area contributed by atoms with Gasteiger partial charge in [0.2, 0.25) is 0 Å². The third-order valence-corrected chi connectivity index (χ3v) is 2.52. The van der Waals surface area contributed by atoms with Crippen molar-refractivity contribution in [2.75, 3.05) is 0 Å². The second kappa shape index (κ2) is 5.29. The van der Waals surface area contributed by atoms with E-state index in [0.29, 0.717) is 10.6 Å². The highest BCUT2D eigenvalue weighted by molar-refractivity contribution is 6.30. The van der Waals surface area contributed by atoms with E-state index in [1.54, 1.807) is 30.6 Å². The molecular formula is C14H9ClN2. The van der Waals surface area contributed by atoms with Crippen molar-refractivity contribution < 1.29 is 0 Å². The summed E-state index contributed by atoms with van der Waals surface area (Å²) in [5.74, 6) is 0. The summed E-state index contributed by atoms with van der Waals surface area (Å²) in [6.45, 7) is 0. The SMILES string of the molecule is N#C/C(=C/c1cccnc1)c1ccc(Cl)cc1. The molecule has 0 aliphatic heterocycles. The van der Waals surface area contributed by atoms with Gasteiger partial charge in [0.15, 0.2) is 0 Å². The zero-order valence-electron chi connectivity index (χ0n) is 8.97. The van der Waals surface area contributed by atoms with E-state index in [9.17, 15) is 0 Å². The van der Waals surface area contributed by atoms with Gasteiger partial charge in [-0.1, -0.05) is 29.8 Å². The Morgan fingerprint density at radius 1 is 1.24 bits per heavy atom. The summed E-state index contributed by atoms with van der Waals surface area (Å²) in [4.78, 5) is 4.00. The maximum absolute atomic E-state index is 9.14. The van der Waals surface area contributed by atoms with Crippen molar-refractivity contribution in [2.24, 2.45) is 0 Å². The van der Waals surface area contributed by atoms with E-state index < -0.39 is 0 Å². The fourth-order valence-corrected chi connectivity index (χ4v) is 1.56. The molecule has 0 N–H and O–H groups in total. The topological polar surface area (TPSA) is 36.7 Å². The summed E-state index contributed by atoms with van der Waals surface area (Å²) < 4.78 is 0. The second-order valence-electron chi connectivity index (χ2n) is 3.46. The molecule has 1 heterocycles. The summed E-state index contributed by atoms with van der Waals surface area (Å²) >= 11 is 5.81. The Morgan fingerprint density at radius 3 is 2.59 bits per heavy atom. The second-order valence-corrected chi connectivity index (χ2v) is 3.90. The summed E-state index contributed by atoms with van der Waals surface area (Å²) in [6.07, 6.45) is 5.22. The highest BCUT2D eigenvalue weighted by Crippen LogP contribution is 2.19. The lowest BCUT2D eigenvalue weighted by molar-refractivity contribution is 1.32. The van der Waals surface area contributed by atoms with Gasteiger partial charge >= 0.3 is 0 Å². The number of hydrogen-bond acceptors (Lipinski definition) is 2. The minimum atomic E-state index is 0.592. The van der Waals surface area contributed by atoms with Crippen LogP contribution in [0.2, 0.25) is 5.02 Å². The molecule has 1 aromatic carbocycles. The summed E-state index contributed by atoms with van der Waals surface area (Å²) in [6, 6.07) is 13.1. The van der Waals surface area contributed by atoms with E-state index in [2.05, 4.69) is 11.1 Å². The fourth-order valence-electron chi connectivity index (χ4n) is 1.44. The number of allylic oxidation sites excluding steroid dienone is 1. The van der Waals surface area contributed by atoms with Gasteiger partial charge in [0.25, 0.3) is 0 Å². The van der Waals surface area contributed by atoms with E-state index in [1.165, 1.54) is 0 Å². The molecule has 3 heteroatoms. The Labute approximate surface area is 105 Å². The van der Waals surface area contributed by atoms with Crippen molar-refractivity contribution in [3.05, 3.63) is 64.9 Å². The molecule has 0 saturated carbocycles. The van der Waals surface area contributed by atoms with Crippen molar-refractivity contribution in [1.29, 1.82) is 5.26 Å². The quantitative estimate of drug-likeness (QED) is 0.749. The Hall–Kier alpha value is -2.11. The van der Waals surface area contributed by atoms with E-state index >= 15 is 0 Å². The van der Waals surface area contributed by atoms with Gasteiger partial charge in [-0.3, -0.25) is 4.98 Å². The molecule has 2 aromatic rings. The van der Waals surface area contributed by atoms with Gasteiger partial charge in [0.05, 0.1) is 11.6 Å². The molecule has 0 fully saturated rings. The number of rotatable bonds is 2. The largest absolute Gasteiger partial charge is 0.264 e. The fraction of sp³-hybridized carbons (Fsp3) is 0. The molecule has 17 heavy (non-hydrogen) atoms. The number of halogens is 1. The maximum atomic E-state index is 9.14. The molecule has 2 rings (SSSR count). The molecule has 82 valence electrons. The highest BCUT2D eigenvalue weighted by Gasteiger charge is 2.00. The molecule has 0 aliphatic rings. The average molecular weight is 241 g/mol. The normalized spacial score (nSPS) is 10.9. The third kappa shape index (κ3) is 2.93. The predicted octanol–water partition coefficient (Wildman–Crippen LogP) is 3.80. The van der Waals surface area contributed by atoms with Crippen LogP contribution in [0.5, 0.6) is 0 Å². The standard InChI is InChI=1S/C14H9ClN2/c15-14-5-3-12(4-6-14)13(9-16)8-11-2-1-7-17-10-11/h1-8,10H/b13-8-. The van der Waals surface area contributed by atoms with Gasteiger partial charge in [-0.15, -0.1) is 0 Å². The van der Waals surface area contributed by atoms with E-state index in [4.69, 9.17) is 16.9 Å². The Kier molecular flexibility index (Phi) is 3.54. The molecule has 0 aliphatic carbocycles. The zero-order valence-corrected chi connectivity index (χ0v) is 9.72. The van der Waals surface area contributed by atoms with Gasteiger partial charge < -0.3 is 0 Å². The Bertz CT molecular complexity index is 565. The first-order valence-electron chi connectivity index (χ1n) is 5.07. The molecule has 1 aromatic heterocycles. The van der Waals surface area contributed by atoms with Crippen LogP contribution in [0.1, 0.15) is 11.1 Å². The molecule has 0 saturated heterocycles. The van der Waals surface area contributed by atoms with E-state index in [1.807, 2.05) is 24.3 Å². The smallest absolute Gasteiger partial charge is 0.0998 e. The molecule has 2 nitrogen and oxygen atoms in total. The van der Waals surface area contributed by atoms with Crippen molar-refractivity contribution in [3.8, 4) is 6.07 Å². The third-order valence-electron chi connectivity index (χ3n) is 2.27. The average Bonchev–Trinajstić information content (AvgIpc) is 2.38. The number of nitrogens with zero attached hydrogens (tertiary/aromatic N) is 2. The summed E-state index contributed by atoms with van der Waals surface area (Å²) in [5.41, 5.74) is 2.34. The lowest BCUT2D eigenvalue weighted by Gasteiger charge is -1.99. The number of benzene rings is 1. The van der Waals surface area contributed by atoms with E-state index in [0.717, 1.165) is 11.1 Å². The molecular weight excluding hydrogens is 232 g/mol. The minimum absolute atomic E-state index is 0.592. The number of pyridine rings is 1. The van der Waals surface area contributed by atoms with Crippen molar-refractivity contribution in [1.82, 2.24) is 4.98 Å². The monoisotopic (exact) mass is 240 g/mol. The van der Waals surface area contributed by atoms with Crippen LogP contribution >= 0.6 is 11.6 Å². The first-order valence-corrected chi connectivity index (χ1v) is 5.45. The van der Waals surface area contributed by atoms with Crippen LogP contribution in [0.25, 0.3) is 11.6 Å². The van der Waals surface area contributed by atoms with Crippen LogP contribution in [-0.4, -0.2) is 4.98 Å². The van der Waals surface area contributed by atoms with Gasteiger partial charge in [-0.05, 0) is 35.4 Å².